The van der Waals surface area contributed by atoms with Crippen LogP contribution in [0, 0.1) is 11.3 Å². The van der Waals surface area contributed by atoms with Crippen molar-refractivity contribution in [1.82, 2.24) is 4.72 Å². The van der Waals surface area contributed by atoms with Crippen molar-refractivity contribution in [3.05, 3.63) is 23.8 Å². The number of hydrogen-bond donors (Lipinski definition) is 2. The molecule has 7 nitrogen and oxygen atoms in total. The second kappa shape index (κ2) is 5.63. The number of sulfonamides is 1. The average Bonchev–Trinajstić information content (AvgIpc) is 2.36. The standard InChI is InChI=1S/C12H15N3O4S2/c13-7-9-3-4-12(11(14)6-9)21(18,19)15-10-2-1-5-20(16,17)8-10/h3-4,6,10,15H,1-2,5,8,14H2. The maximum atomic E-state index is 12.3. The molecule has 0 aromatic heterocycles. The van der Waals surface area contributed by atoms with Crippen molar-refractivity contribution in [2.24, 2.45) is 0 Å². The summed E-state index contributed by atoms with van der Waals surface area (Å²) in [5.41, 5.74) is 5.87. The van der Waals surface area contributed by atoms with E-state index >= 15 is 0 Å². The zero-order valence-electron chi connectivity index (χ0n) is 11.1. The summed E-state index contributed by atoms with van der Waals surface area (Å²) in [5, 5.41) is 8.74. The van der Waals surface area contributed by atoms with Crippen molar-refractivity contribution < 1.29 is 16.8 Å². The Hall–Kier alpha value is -1.63. The predicted molar refractivity (Wildman–Crippen MR) is 77.6 cm³/mol. The Labute approximate surface area is 123 Å². The highest BCUT2D eigenvalue weighted by Crippen LogP contribution is 2.21. The van der Waals surface area contributed by atoms with E-state index in [4.69, 9.17) is 11.0 Å². The lowest BCUT2D eigenvalue weighted by Crippen LogP contribution is -2.43. The lowest BCUT2D eigenvalue weighted by molar-refractivity contribution is 0.517. The van der Waals surface area contributed by atoms with Crippen LogP contribution >= 0.6 is 0 Å². The highest BCUT2D eigenvalue weighted by Gasteiger charge is 2.29. The molecule has 0 saturated carbocycles. The molecule has 0 aliphatic carbocycles. The van der Waals surface area contributed by atoms with E-state index in [-0.39, 0.29) is 27.7 Å². The number of benzene rings is 1. The summed E-state index contributed by atoms with van der Waals surface area (Å²) in [6.07, 6.45) is 0.896. The number of nitrogens with two attached hydrogens (primary N) is 1. The van der Waals surface area contributed by atoms with E-state index < -0.39 is 25.9 Å². The fourth-order valence-electron chi connectivity index (χ4n) is 2.26. The van der Waals surface area contributed by atoms with Crippen molar-refractivity contribution in [1.29, 1.82) is 5.26 Å². The Morgan fingerprint density at radius 3 is 2.67 bits per heavy atom. The van der Waals surface area contributed by atoms with Gasteiger partial charge in [0.2, 0.25) is 10.0 Å². The lowest BCUT2D eigenvalue weighted by atomic mass is 10.2. The summed E-state index contributed by atoms with van der Waals surface area (Å²) in [4.78, 5) is -0.149. The molecule has 1 unspecified atom stereocenters. The number of anilines is 1. The Morgan fingerprint density at radius 2 is 2.10 bits per heavy atom. The fourth-order valence-corrected chi connectivity index (χ4v) is 5.39. The summed E-state index contributed by atoms with van der Waals surface area (Å²) in [6, 6.07) is 5.08. The van der Waals surface area contributed by atoms with Gasteiger partial charge in [0.05, 0.1) is 28.8 Å². The summed E-state index contributed by atoms with van der Waals surface area (Å²) >= 11 is 0. The molecule has 3 N–H and O–H groups in total. The Kier molecular flexibility index (Phi) is 4.22. The molecule has 0 spiro atoms. The second-order valence-electron chi connectivity index (χ2n) is 4.94. The molecule has 1 saturated heterocycles. The summed E-state index contributed by atoms with van der Waals surface area (Å²) < 4.78 is 50.0. The number of hydrogen-bond acceptors (Lipinski definition) is 6. The van der Waals surface area contributed by atoms with Crippen LogP contribution in [0.25, 0.3) is 0 Å². The molecular weight excluding hydrogens is 314 g/mol. The average molecular weight is 329 g/mol. The van der Waals surface area contributed by atoms with Crippen molar-refractivity contribution in [2.45, 2.75) is 23.8 Å². The lowest BCUT2D eigenvalue weighted by Gasteiger charge is -2.23. The van der Waals surface area contributed by atoms with Crippen molar-refractivity contribution in [3.63, 3.8) is 0 Å². The van der Waals surface area contributed by atoms with Crippen LogP contribution in [0.15, 0.2) is 23.1 Å². The third-order valence-electron chi connectivity index (χ3n) is 3.21. The molecular formula is C12H15N3O4S2. The van der Waals surface area contributed by atoms with E-state index in [1.807, 2.05) is 6.07 Å². The van der Waals surface area contributed by atoms with Crippen LogP contribution < -0.4 is 10.5 Å². The third-order valence-corrected chi connectivity index (χ3v) is 6.63. The highest BCUT2D eigenvalue weighted by atomic mass is 32.2. The number of nitrogens with zero attached hydrogens (tertiary/aromatic N) is 1. The largest absolute Gasteiger partial charge is 0.398 e. The summed E-state index contributed by atoms with van der Waals surface area (Å²) in [7, 11) is -7.12. The van der Waals surface area contributed by atoms with Crippen molar-refractivity contribution in [2.75, 3.05) is 17.2 Å². The first-order valence-corrected chi connectivity index (χ1v) is 9.56. The summed E-state index contributed by atoms with van der Waals surface area (Å²) in [5.74, 6) is -0.118. The number of sulfone groups is 1. The van der Waals surface area contributed by atoms with Crippen LogP contribution in [-0.2, 0) is 19.9 Å². The Balaban J connectivity index is 2.25. The van der Waals surface area contributed by atoms with Gasteiger partial charge in [-0.05, 0) is 31.0 Å². The molecule has 1 aromatic rings. The molecule has 1 atom stereocenters. The van der Waals surface area contributed by atoms with Gasteiger partial charge in [-0.3, -0.25) is 0 Å². The van der Waals surface area contributed by atoms with Gasteiger partial charge in [-0.1, -0.05) is 0 Å². The predicted octanol–water partition coefficient (Wildman–Crippen LogP) is -0.00402. The van der Waals surface area contributed by atoms with Crippen molar-refractivity contribution >= 4 is 25.5 Å². The Bertz CT molecular complexity index is 794. The number of nitrogens with one attached hydrogen (secondary N) is 1. The molecule has 1 fully saturated rings. The van der Waals surface area contributed by atoms with Gasteiger partial charge in [0, 0.05) is 6.04 Å². The normalized spacial score (nSPS) is 21.6. The van der Waals surface area contributed by atoms with Gasteiger partial charge in [0.15, 0.2) is 9.84 Å². The molecule has 9 heteroatoms. The zero-order valence-corrected chi connectivity index (χ0v) is 12.7. The zero-order chi connectivity index (χ0) is 15.7. The van der Waals surface area contributed by atoms with E-state index in [1.54, 1.807) is 0 Å². The molecule has 0 bridgehead atoms. The minimum Gasteiger partial charge on any atom is -0.398 e. The highest BCUT2D eigenvalue weighted by molar-refractivity contribution is 7.91. The maximum absolute atomic E-state index is 12.3. The first-order chi connectivity index (χ1) is 9.73. The van der Waals surface area contributed by atoms with E-state index in [0.717, 1.165) is 0 Å². The van der Waals surface area contributed by atoms with Crippen LogP contribution in [0.1, 0.15) is 18.4 Å². The monoisotopic (exact) mass is 329 g/mol. The smallest absolute Gasteiger partial charge is 0.242 e. The molecule has 1 aliphatic rings. The van der Waals surface area contributed by atoms with Crippen molar-refractivity contribution in [3.8, 4) is 6.07 Å². The van der Waals surface area contributed by atoms with Gasteiger partial charge < -0.3 is 5.73 Å². The first-order valence-electron chi connectivity index (χ1n) is 6.26. The second-order valence-corrected chi connectivity index (χ2v) is 8.85. The van der Waals surface area contributed by atoms with Crippen LogP contribution in [-0.4, -0.2) is 34.4 Å². The number of nitriles is 1. The molecule has 0 radical (unpaired) electrons. The molecule has 2 rings (SSSR count). The van der Waals surface area contributed by atoms with Crippen LogP contribution in [0.3, 0.4) is 0 Å². The minimum absolute atomic E-state index is 0.0415. The molecule has 21 heavy (non-hydrogen) atoms. The third kappa shape index (κ3) is 3.72. The number of rotatable bonds is 3. The molecule has 1 heterocycles. The summed E-state index contributed by atoms with van der Waals surface area (Å²) in [6.45, 7) is 0. The SMILES string of the molecule is N#Cc1ccc(S(=O)(=O)NC2CCCS(=O)(=O)C2)c(N)c1. The van der Waals surface area contributed by atoms with E-state index in [0.29, 0.717) is 12.8 Å². The Morgan fingerprint density at radius 1 is 1.38 bits per heavy atom. The van der Waals surface area contributed by atoms with E-state index in [2.05, 4.69) is 4.72 Å². The molecule has 114 valence electrons. The number of nitrogen functional groups attached to an aromatic ring is 1. The van der Waals surface area contributed by atoms with Gasteiger partial charge in [-0.2, -0.15) is 5.26 Å². The van der Waals surface area contributed by atoms with Crippen LogP contribution in [0.5, 0.6) is 0 Å². The first kappa shape index (κ1) is 15.8. The molecule has 1 aromatic carbocycles. The molecule has 1 aliphatic heterocycles. The van der Waals surface area contributed by atoms with E-state index in [9.17, 15) is 16.8 Å². The van der Waals surface area contributed by atoms with Crippen LogP contribution in [0.4, 0.5) is 5.69 Å². The van der Waals surface area contributed by atoms with Crippen LogP contribution in [0.2, 0.25) is 0 Å². The molecule has 0 amide bonds. The van der Waals surface area contributed by atoms with Gasteiger partial charge in [-0.15, -0.1) is 0 Å². The quantitative estimate of drug-likeness (QED) is 0.750. The van der Waals surface area contributed by atoms with Gasteiger partial charge >= 0.3 is 0 Å². The van der Waals surface area contributed by atoms with Gasteiger partial charge in [-0.25, -0.2) is 21.6 Å². The minimum atomic E-state index is -3.91. The van der Waals surface area contributed by atoms with E-state index in [1.165, 1.54) is 18.2 Å². The fraction of sp³-hybridized carbons (Fsp3) is 0.417. The van der Waals surface area contributed by atoms with Gasteiger partial charge in [0.25, 0.3) is 0 Å². The topological polar surface area (TPSA) is 130 Å². The maximum Gasteiger partial charge on any atom is 0.242 e. The van der Waals surface area contributed by atoms with Gasteiger partial charge in [0.1, 0.15) is 4.90 Å².